The normalized spacial score (nSPS) is 19.6. The van der Waals surface area contributed by atoms with Crippen LogP contribution in [0.2, 0.25) is 0 Å². The number of amides is 1. The van der Waals surface area contributed by atoms with Crippen LogP contribution in [-0.2, 0) is 11.3 Å². The second-order valence-electron chi connectivity index (χ2n) is 6.95. The van der Waals surface area contributed by atoms with Crippen LogP contribution in [0.15, 0.2) is 65.2 Å². The highest BCUT2D eigenvalue weighted by molar-refractivity contribution is 8.03. The summed E-state index contributed by atoms with van der Waals surface area (Å²) in [5, 5.41) is 21.9. The minimum Gasteiger partial charge on any atom is -0.292 e. The number of fused-ring (bicyclic) bond motifs is 1. The molecule has 2 heterocycles. The lowest BCUT2D eigenvalue weighted by atomic mass is 9.85. The predicted octanol–water partition coefficient (Wildman–Crippen LogP) is 3.81. The second kappa shape index (κ2) is 8.07. The monoisotopic (exact) mass is 406 g/mol. The Kier molecular flexibility index (Phi) is 5.34. The second-order valence-corrected chi connectivity index (χ2v) is 7.89. The third-order valence-electron chi connectivity index (χ3n) is 5.11. The van der Waals surface area contributed by atoms with Crippen LogP contribution in [0.3, 0.4) is 0 Å². The predicted molar refractivity (Wildman–Crippen MR) is 109 cm³/mol. The molecule has 0 saturated carbocycles. The zero-order valence-electron chi connectivity index (χ0n) is 15.5. The Morgan fingerprint density at radius 2 is 1.90 bits per heavy atom. The molecule has 1 amide bonds. The molecule has 0 N–H and O–H groups in total. The molecule has 2 aliphatic heterocycles. The molecule has 1 saturated heterocycles. The smallest absolute Gasteiger partial charge is 0.273 e. The maximum Gasteiger partial charge on any atom is 0.273 e. The number of nitro groups is 1. The molecule has 0 radical (unpaired) electrons. The van der Waals surface area contributed by atoms with E-state index in [-0.39, 0.29) is 18.0 Å². The van der Waals surface area contributed by atoms with E-state index in [0.29, 0.717) is 35.3 Å². The summed E-state index contributed by atoms with van der Waals surface area (Å²) in [4.78, 5) is 27.7. The quantitative estimate of drug-likeness (QED) is 0.566. The van der Waals surface area contributed by atoms with Gasteiger partial charge >= 0.3 is 0 Å². The summed E-state index contributed by atoms with van der Waals surface area (Å²) in [6, 6.07) is 18.6. The molecule has 2 aromatic carbocycles. The topological polar surface area (TPSA) is 90.5 Å². The zero-order valence-corrected chi connectivity index (χ0v) is 16.3. The highest BCUT2D eigenvalue weighted by atomic mass is 32.2. The van der Waals surface area contributed by atoms with Gasteiger partial charge in [-0.1, -0.05) is 60.3 Å². The molecule has 29 heavy (non-hydrogen) atoms. The Bertz CT molecular complexity index is 1030. The number of hydrogen-bond acceptors (Lipinski definition) is 6. The summed E-state index contributed by atoms with van der Waals surface area (Å²) in [5.41, 5.74) is 1.95. The fourth-order valence-corrected chi connectivity index (χ4v) is 4.90. The van der Waals surface area contributed by atoms with E-state index in [0.717, 1.165) is 5.56 Å². The van der Waals surface area contributed by atoms with Crippen molar-refractivity contribution in [1.29, 1.82) is 5.26 Å². The third-order valence-corrected chi connectivity index (χ3v) is 6.32. The SMILES string of the molecule is N#CC1=C2SCN(Cc3ccccc3)CN2C(=O)C[C@H]1c1ccccc1[N+](=O)[O-]. The molecule has 0 bridgehead atoms. The number of nitrogens with zero attached hydrogens (tertiary/aromatic N) is 4. The molecule has 4 rings (SSSR count). The molecule has 0 aliphatic carbocycles. The molecule has 8 heteroatoms. The number of rotatable bonds is 4. The summed E-state index contributed by atoms with van der Waals surface area (Å²) in [6.45, 7) is 1.12. The first-order valence-electron chi connectivity index (χ1n) is 9.15. The maximum atomic E-state index is 12.9. The van der Waals surface area contributed by atoms with Crippen LogP contribution < -0.4 is 0 Å². The lowest BCUT2D eigenvalue weighted by Gasteiger charge is -2.41. The van der Waals surface area contributed by atoms with Gasteiger partial charge in [0, 0.05) is 30.5 Å². The van der Waals surface area contributed by atoms with Gasteiger partial charge in [-0.15, -0.1) is 0 Å². The van der Waals surface area contributed by atoms with Gasteiger partial charge in [-0.2, -0.15) is 5.26 Å². The Labute approximate surface area is 172 Å². The van der Waals surface area contributed by atoms with Gasteiger partial charge in [0.25, 0.3) is 5.69 Å². The van der Waals surface area contributed by atoms with E-state index in [1.54, 1.807) is 23.1 Å². The number of nitriles is 1. The van der Waals surface area contributed by atoms with Crippen LogP contribution in [0, 0.1) is 21.4 Å². The molecule has 1 fully saturated rings. The lowest BCUT2D eigenvalue weighted by molar-refractivity contribution is -0.385. The van der Waals surface area contributed by atoms with Crippen LogP contribution in [0.4, 0.5) is 5.69 Å². The average molecular weight is 406 g/mol. The summed E-state index contributed by atoms with van der Waals surface area (Å²) in [7, 11) is 0. The Hall–Kier alpha value is -3.15. The number of benzene rings is 2. The molecule has 7 nitrogen and oxygen atoms in total. The van der Waals surface area contributed by atoms with Crippen molar-refractivity contribution in [2.75, 3.05) is 12.5 Å². The molecular weight excluding hydrogens is 388 g/mol. The largest absolute Gasteiger partial charge is 0.292 e. The van der Waals surface area contributed by atoms with Gasteiger partial charge in [0.1, 0.15) is 0 Å². The number of allylic oxidation sites excluding steroid dienone is 1. The average Bonchev–Trinajstić information content (AvgIpc) is 2.74. The number of carbonyl (C=O) groups is 1. The van der Waals surface area contributed by atoms with E-state index < -0.39 is 10.8 Å². The van der Waals surface area contributed by atoms with Crippen LogP contribution in [0.5, 0.6) is 0 Å². The first kappa shape index (κ1) is 19.2. The Morgan fingerprint density at radius 3 is 2.62 bits per heavy atom. The van der Waals surface area contributed by atoms with E-state index in [1.165, 1.54) is 17.8 Å². The van der Waals surface area contributed by atoms with E-state index in [1.807, 2.05) is 30.3 Å². The zero-order chi connectivity index (χ0) is 20.4. The van der Waals surface area contributed by atoms with E-state index in [4.69, 9.17) is 0 Å². The molecule has 0 spiro atoms. The minimum atomic E-state index is -0.589. The maximum absolute atomic E-state index is 12.9. The molecular formula is C21H18N4O3S. The summed E-state index contributed by atoms with van der Waals surface area (Å²) in [5.74, 6) is -0.0658. The Balaban J connectivity index is 1.64. The molecule has 146 valence electrons. The fourth-order valence-electron chi connectivity index (χ4n) is 3.76. The van der Waals surface area contributed by atoms with Crippen LogP contribution in [0.25, 0.3) is 0 Å². The van der Waals surface area contributed by atoms with Crippen LogP contribution >= 0.6 is 11.8 Å². The molecule has 2 aliphatic rings. The van der Waals surface area contributed by atoms with Gasteiger partial charge in [-0.3, -0.25) is 24.7 Å². The lowest BCUT2D eigenvalue weighted by Crippen LogP contribution is -2.46. The number of thioether (sulfide) groups is 1. The van der Waals surface area contributed by atoms with Gasteiger partial charge < -0.3 is 0 Å². The Morgan fingerprint density at radius 1 is 1.17 bits per heavy atom. The molecule has 0 aromatic heterocycles. The summed E-state index contributed by atoms with van der Waals surface area (Å²) < 4.78 is 0. The number of para-hydroxylation sites is 1. The summed E-state index contributed by atoms with van der Waals surface area (Å²) in [6.07, 6.45) is 0.0526. The van der Waals surface area contributed by atoms with Crippen molar-refractivity contribution in [2.45, 2.75) is 18.9 Å². The third kappa shape index (κ3) is 3.75. The number of nitro benzene ring substituents is 1. The van der Waals surface area contributed by atoms with Crippen molar-refractivity contribution in [1.82, 2.24) is 9.80 Å². The standard InChI is InChI=1S/C21H18N4O3S/c22-11-18-17(16-8-4-5-9-19(16)25(27)28)10-20(26)24-13-23(14-29-21(18)24)12-15-6-2-1-3-7-15/h1-9,17H,10,12-14H2/t17-/m0/s1. The summed E-state index contributed by atoms with van der Waals surface area (Å²) >= 11 is 1.44. The van der Waals surface area contributed by atoms with Crippen LogP contribution in [-0.4, -0.2) is 33.2 Å². The fraction of sp³-hybridized carbons (Fsp3) is 0.238. The van der Waals surface area contributed by atoms with Gasteiger partial charge in [0.05, 0.1) is 34.1 Å². The number of carbonyl (C=O) groups excluding carboxylic acids is 1. The van der Waals surface area contributed by atoms with Crippen molar-refractivity contribution in [3.8, 4) is 6.07 Å². The van der Waals surface area contributed by atoms with Crippen molar-refractivity contribution in [3.63, 3.8) is 0 Å². The van der Waals surface area contributed by atoms with E-state index in [2.05, 4.69) is 11.0 Å². The highest BCUT2D eigenvalue weighted by Gasteiger charge is 2.40. The van der Waals surface area contributed by atoms with Crippen LogP contribution in [0.1, 0.15) is 23.5 Å². The van der Waals surface area contributed by atoms with E-state index in [9.17, 15) is 20.2 Å². The van der Waals surface area contributed by atoms with Crippen molar-refractivity contribution in [2.24, 2.45) is 0 Å². The minimum absolute atomic E-state index is 0.0526. The highest BCUT2D eigenvalue weighted by Crippen LogP contribution is 2.44. The van der Waals surface area contributed by atoms with Crippen molar-refractivity contribution in [3.05, 3.63) is 86.4 Å². The first-order valence-corrected chi connectivity index (χ1v) is 10.1. The van der Waals surface area contributed by atoms with Crippen molar-refractivity contribution >= 4 is 23.4 Å². The molecule has 0 unspecified atom stereocenters. The van der Waals surface area contributed by atoms with Gasteiger partial charge in [-0.05, 0) is 5.56 Å². The van der Waals surface area contributed by atoms with Gasteiger partial charge in [-0.25, -0.2) is 0 Å². The number of hydrogen-bond donors (Lipinski definition) is 0. The van der Waals surface area contributed by atoms with Gasteiger partial charge in [0.2, 0.25) is 5.91 Å². The van der Waals surface area contributed by atoms with Crippen molar-refractivity contribution < 1.29 is 9.72 Å². The first-order chi connectivity index (χ1) is 14.1. The van der Waals surface area contributed by atoms with E-state index >= 15 is 0 Å². The molecule has 1 atom stereocenters. The van der Waals surface area contributed by atoms with Gasteiger partial charge in [0.15, 0.2) is 0 Å². The molecule has 2 aromatic rings.